The Bertz CT molecular complexity index is 950. The summed E-state index contributed by atoms with van der Waals surface area (Å²) in [4.78, 5) is 21.4. The maximum absolute atomic E-state index is 12.8. The minimum absolute atomic E-state index is 0.263. The molecule has 0 saturated carbocycles. The summed E-state index contributed by atoms with van der Waals surface area (Å²) in [5.41, 5.74) is 4.10. The van der Waals surface area contributed by atoms with Gasteiger partial charge in [0.1, 0.15) is 11.4 Å². The van der Waals surface area contributed by atoms with Gasteiger partial charge in [0.15, 0.2) is 0 Å². The summed E-state index contributed by atoms with van der Waals surface area (Å²) in [6, 6.07) is 15.1. The van der Waals surface area contributed by atoms with Gasteiger partial charge in [0.2, 0.25) is 5.95 Å². The number of carbonyl (C=O) groups is 1. The summed E-state index contributed by atoms with van der Waals surface area (Å²) in [6.07, 6.45) is 3.24. The average Bonchev–Trinajstić information content (AvgIpc) is 2.74. The van der Waals surface area contributed by atoms with Gasteiger partial charge in [-0.15, -0.1) is 0 Å². The molecule has 0 spiro atoms. The summed E-state index contributed by atoms with van der Waals surface area (Å²) in [5, 5.41) is 6.13. The normalized spacial score (nSPS) is 10.4. The van der Waals surface area contributed by atoms with E-state index in [-0.39, 0.29) is 5.91 Å². The van der Waals surface area contributed by atoms with Crippen LogP contribution in [0.25, 0.3) is 0 Å². The van der Waals surface area contributed by atoms with Crippen LogP contribution in [0.2, 0.25) is 0 Å². The van der Waals surface area contributed by atoms with Crippen molar-refractivity contribution in [1.82, 2.24) is 9.97 Å². The first-order valence-electron chi connectivity index (χ1n) is 9.31. The van der Waals surface area contributed by atoms with Crippen molar-refractivity contribution in [3.05, 3.63) is 71.5 Å². The second kappa shape index (κ2) is 8.99. The Labute approximate surface area is 165 Å². The SMILES string of the molecule is CCc1cccc(CC)c1NC(=O)c1ccnc(Nc2ccccc2OC)n1. The molecular formula is C22H24N4O2. The lowest BCUT2D eigenvalue weighted by Crippen LogP contribution is -2.17. The van der Waals surface area contributed by atoms with Crippen molar-refractivity contribution in [2.45, 2.75) is 26.7 Å². The maximum Gasteiger partial charge on any atom is 0.274 e. The molecule has 1 heterocycles. The van der Waals surface area contributed by atoms with Crippen LogP contribution in [-0.2, 0) is 12.8 Å². The molecule has 0 aliphatic carbocycles. The number of anilines is 3. The molecule has 6 nitrogen and oxygen atoms in total. The van der Waals surface area contributed by atoms with Gasteiger partial charge in [-0.25, -0.2) is 9.97 Å². The molecule has 0 aliphatic heterocycles. The zero-order valence-corrected chi connectivity index (χ0v) is 16.3. The third-order valence-electron chi connectivity index (χ3n) is 4.48. The monoisotopic (exact) mass is 376 g/mol. The standard InChI is InChI=1S/C22H24N4O2/c1-4-15-9-8-10-16(5-2)20(15)26-21(27)18-13-14-23-22(25-18)24-17-11-6-7-12-19(17)28-3/h6-14H,4-5H2,1-3H3,(H,26,27)(H,23,24,25). The minimum atomic E-state index is -0.263. The Hall–Kier alpha value is -3.41. The van der Waals surface area contributed by atoms with Gasteiger partial charge in [0, 0.05) is 11.9 Å². The molecule has 0 bridgehead atoms. The third kappa shape index (κ3) is 4.28. The number of para-hydroxylation sites is 3. The number of amides is 1. The van der Waals surface area contributed by atoms with E-state index < -0.39 is 0 Å². The van der Waals surface area contributed by atoms with E-state index in [1.165, 1.54) is 0 Å². The largest absolute Gasteiger partial charge is 0.495 e. The van der Waals surface area contributed by atoms with Gasteiger partial charge < -0.3 is 15.4 Å². The predicted octanol–water partition coefficient (Wildman–Crippen LogP) is 4.61. The van der Waals surface area contributed by atoms with Crippen molar-refractivity contribution < 1.29 is 9.53 Å². The number of hydrogen-bond donors (Lipinski definition) is 2. The molecule has 3 aromatic rings. The lowest BCUT2D eigenvalue weighted by Gasteiger charge is -2.14. The first-order valence-corrected chi connectivity index (χ1v) is 9.31. The summed E-state index contributed by atoms with van der Waals surface area (Å²) in [6.45, 7) is 4.15. The van der Waals surface area contributed by atoms with E-state index >= 15 is 0 Å². The Morgan fingerprint density at radius 1 is 1.00 bits per heavy atom. The average molecular weight is 376 g/mol. The fraction of sp³-hybridized carbons (Fsp3) is 0.227. The van der Waals surface area contributed by atoms with Gasteiger partial charge in [0.25, 0.3) is 5.91 Å². The first kappa shape index (κ1) is 19.4. The molecular weight excluding hydrogens is 352 g/mol. The number of nitrogens with zero attached hydrogens (tertiary/aromatic N) is 2. The van der Waals surface area contributed by atoms with Crippen LogP contribution >= 0.6 is 0 Å². The molecule has 0 unspecified atom stereocenters. The van der Waals surface area contributed by atoms with Crippen LogP contribution in [0, 0.1) is 0 Å². The first-order chi connectivity index (χ1) is 13.7. The molecule has 1 aromatic heterocycles. The van der Waals surface area contributed by atoms with Gasteiger partial charge in [0.05, 0.1) is 12.8 Å². The van der Waals surface area contributed by atoms with Crippen LogP contribution in [-0.4, -0.2) is 23.0 Å². The van der Waals surface area contributed by atoms with E-state index in [0.29, 0.717) is 17.4 Å². The van der Waals surface area contributed by atoms with Crippen LogP contribution < -0.4 is 15.4 Å². The zero-order valence-electron chi connectivity index (χ0n) is 16.3. The van der Waals surface area contributed by atoms with Crippen molar-refractivity contribution in [1.29, 1.82) is 0 Å². The van der Waals surface area contributed by atoms with Gasteiger partial charge in [-0.05, 0) is 42.2 Å². The number of aryl methyl sites for hydroxylation is 2. The summed E-state index contributed by atoms with van der Waals surface area (Å²) in [7, 11) is 1.60. The maximum atomic E-state index is 12.8. The Morgan fingerprint density at radius 2 is 1.71 bits per heavy atom. The van der Waals surface area contributed by atoms with Crippen molar-refractivity contribution in [3.63, 3.8) is 0 Å². The highest BCUT2D eigenvalue weighted by atomic mass is 16.5. The van der Waals surface area contributed by atoms with Crippen molar-refractivity contribution in [3.8, 4) is 5.75 Å². The Morgan fingerprint density at radius 3 is 2.39 bits per heavy atom. The third-order valence-corrected chi connectivity index (χ3v) is 4.48. The molecule has 2 aromatic carbocycles. The molecule has 144 valence electrons. The van der Waals surface area contributed by atoms with Gasteiger partial charge in [-0.2, -0.15) is 0 Å². The lowest BCUT2D eigenvalue weighted by molar-refractivity contribution is 0.102. The Balaban J connectivity index is 1.84. The lowest BCUT2D eigenvalue weighted by atomic mass is 10.0. The highest BCUT2D eigenvalue weighted by molar-refractivity contribution is 6.03. The molecule has 0 saturated heterocycles. The van der Waals surface area contributed by atoms with Crippen LogP contribution in [0.5, 0.6) is 5.75 Å². The molecule has 3 rings (SSSR count). The quantitative estimate of drug-likeness (QED) is 0.630. The summed E-state index contributed by atoms with van der Waals surface area (Å²) >= 11 is 0. The van der Waals surface area contributed by atoms with Crippen molar-refractivity contribution in [2.24, 2.45) is 0 Å². The molecule has 0 radical (unpaired) electrons. The van der Waals surface area contributed by atoms with E-state index in [4.69, 9.17) is 4.74 Å². The number of benzene rings is 2. The highest BCUT2D eigenvalue weighted by Crippen LogP contribution is 2.26. The number of carbonyl (C=O) groups excluding carboxylic acids is 1. The fourth-order valence-electron chi connectivity index (χ4n) is 2.99. The molecule has 2 N–H and O–H groups in total. The van der Waals surface area contributed by atoms with Crippen LogP contribution in [0.1, 0.15) is 35.5 Å². The molecule has 28 heavy (non-hydrogen) atoms. The Kier molecular flexibility index (Phi) is 6.22. The fourth-order valence-corrected chi connectivity index (χ4v) is 2.99. The van der Waals surface area contributed by atoms with Crippen LogP contribution in [0.4, 0.5) is 17.3 Å². The number of methoxy groups -OCH3 is 1. The van der Waals surface area contributed by atoms with Gasteiger partial charge >= 0.3 is 0 Å². The van der Waals surface area contributed by atoms with Crippen LogP contribution in [0.15, 0.2) is 54.7 Å². The van der Waals surface area contributed by atoms with E-state index in [1.54, 1.807) is 19.4 Å². The topological polar surface area (TPSA) is 76.1 Å². The van der Waals surface area contributed by atoms with E-state index in [1.807, 2.05) is 42.5 Å². The number of hydrogen-bond acceptors (Lipinski definition) is 5. The number of rotatable bonds is 7. The van der Waals surface area contributed by atoms with E-state index in [2.05, 4.69) is 34.4 Å². The zero-order chi connectivity index (χ0) is 19.9. The highest BCUT2D eigenvalue weighted by Gasteiger charge is 2.14. The second-order valence-electron chi connectivity index (χ2n) is 6.20. The van der Waals surface area contributed by atoms with E-state index in [0.717, 1.165) is 35.3 Å². The van der Waals surface area contributed by atoms with Crippen molar-refractivity contribution >= 4 is 23.2 Å². The van der Waals surface area contributed by atoms with Gasteiger partial charge in [-0.1, -0.05) is 44.2 Å². The number of nitrogens with one attached hydrogen (secondary N) is 2. The predicted molar refractivity (Wildman–Crippen MR) is 111 cm³/mol. The summed E-state index contributed by atoms with van der Waals surface area (Å²) < 4.78 is 5.33. The smallest absolute Gasteiger partial charge is 0.274 e. The molecule has 1 amide bonds. The molecule has 6 heteroatoms. The molecule has 0 fully saturated rings. The second-order valence-corrected chi connectivity index (χ2v) is 6.20. The number of ether oxygens (including phenoxy) is 1. The summed E-state index contributed by atoms with van der Waals surface area (Å²) in [5.74, 6) is 0.739. The molecule has 0 aliphatic rings. The minimum Gasteiger partial charge on any atom is -0.495 e. The van der Waals surface area contributed by atoms with Gasteiger partial charge in [-0.3, -0.25) is 4.79 Å². The molecule has 0 atom stereocenters. The van der Waals surface area contributed by atoms with E-state index in [9.17, 15) is 4.79 Å². The number of aromatic nitrogens is 2. The van der Waals surface area contributed by atoms with Crippen molar-refractivity contribution in [2.75, 3.05) is 17.7 Å². The van der Waals surface area contributed by atoms with Crippen LogP contribution in [0.3, 0.4) is 0 Å².